The smallest absolute Gasteiger partial charge is 0.309 e. The van der Waals surface area contributed by atoms with E-state index < -0.39 is 11.4 Å². The number of hydrogen-bond acceptors (Lipinski definition) is 5. The monoisotopic (exact) mass is 319 g/mol. The van der Waals surface area contributed by atoms with Crippen LogP contribution in [0.5, 0.6) is 5.75 Å². The first-order valence-electron chi connectivity index (χ1n) is 7.82. The number of hydrogen-bond donors (Lipinski definition) is 1. The van der Waals surface area contributed by atoms with Crippen molar-refractivity contribution < 1.29 is 24.2 Å². The first kappa shape index (κ1) is 15.8. The summed E-state index contributed by atoms with van der Waals surface area (Å²) in [6.45, 7) is 0.971. The zero-order valence-corrected chi connectivity index (χ0v) is 13.2. The fraction of sp³-hybridized carbons (Fsp3) is 0.529. The van der Waals surface area contributed by atoms with Crippen LogP contribution < -0.4 is 4.74 Å². The van der Waals surface area contributed by atoms with Crippen molar-refractivity contribution in [3.63, 3.8) is 0 Å². The van der Waals surface area contributed by atoms with Gasteiger partial charge >= 0.3 is 5.97 Å². The van der Waals surface area contributed by atoms with Crippen LogP contribution in [0.15, 0.2) is 29.4 Å². The van der Waals surface area contributed by atoms with E-state index in [1.807, 2.05) is 24.3 Å². The molecule has 1 fully saturated rings. The topological polar surface area (TPSA) is 77.4 Å². The van der Waals surface area contributed by atoms with E-state index in [-0.39, 0.29) is 6.10 Å². The molecule has 0 spiro atoms. The molecule has 6 nitrogen and oxygen atoms in total. The molecule has 1 saturated heterocycles. The van der Waals surface area contributed by atoms with Crippen molar-refractivity contribution in [2.45, 2.75) is 31.8 Å². The highest BCUT2D eigenvalue weighted by Gasteiger charge is 2.44. The van der Waals surface area contributed by atoms with E-state index in [2.05, 4.69) is 5.16 Å². The van der Waals surface area contributed by atoms with Gasteiger partial charge in [-0.15, -0.1) is 0 Å². The lowest BCUT2D eigenvalue weighted by Gasteiger charge is -2.34. The van der Waals surface area contributed by atoms with Gasteiger partial charge in [0.05, 0.1) is 18.2 Å². The number of carboxylic acids is 1. The van der Waals surface area contributed by atoms with Gasteiger partial charge in [-0.3, -0.25) is 4.79 Å². The van der Waals surface area contributed by atoms with Gasteiger partial charge in [0.1, 0.15) is 11.9 Å². The number of benzene rings is 1. The van der Waals surface area contributed by atoms with Gasteiger partial charge in [0.25, 0.3) is 0 Å². The maximum absolute atomic E-state index is 11.7. The van der Waals surface area contributed by atoms with E-state index in [0.29, 0.717) is 38.9 Å². The second-order valence-corrected chi connectivity index (χ2v) is 6.07. The summed E-state index contributed by atoms with van der Waals surface area (Å²) in [4.78, 5) is 17.3. The van der Waals surface area contributed by atoms with Gasteiger partial charge < -0.3 is 19.4 Å². The molecular weight excluding hydrogens is 298 g/mol. The van der Waals surface area contributed by atoms with Crippen LogP contribution in [-0.2, 0) is 14.4 Å². The molecule has 1 aromatic rings. The molecule has 1 aromatic carbocycles. The Kier molecular flexibility index (Phi) is 4.52. The van der Waals surface area contributed by atoms with Crippen molar-refractivity contribution in [2.75, 3.05) is 20.3 Å². The van der Waals surface area contributed by atoms with E-state index in [1.165, 1.54) is 0 Å². The Labute approximate surface area is 135 Å². The van der Waals surface area contributed by atoms with Crippen molar-refractivity contribution in [2.24, 2.45) is 10.6 Å². The molecule has 3 rings (SSSR count). The predicted molar refractivity (Wildman–Crippen MR) is 83.8 cm³/mol. The van der Waals surface area contributed by atoms with Gasteiger partial charge in [0.15, 0.2) is 0 Å². The summed E-state index contributed by atoms with van der Waals surface area (Å²) in [6, 6.07) is 7.63. The van der Waals surface area contributed by atoms with Crippen LogP contribution in [0.25, 0.3) is 0 Å². The molecule has 0 amide bonds. The summed E-state index contributed by atoms with van der Waals surface area (Å²) in [5.74, 6) is -0.0235. The number of para-hydroxylation sites is 1. The fourth-order valence-corrected chi connectivity index (χ4v) is 3.28. The van der Waals surface area contributed by atoms with E-state index in [9.17, 15) is 9.90 Å². The van der Waals surface area contributed by atoms with Crippen LogP contribution in [-0.4, -0.2) is 43.2 Å². The second-order valence-electron chi connectivity index (χ2n) is 6.07. The summed E-state index contributed by atoms with van der Waals surface area (Å²) in [7, 11) is 1.62. The van der Waals surface area contributed by atoms with Crippen LogP contribution in [0.2, 0.25) is 0 Å². The highest BCUT2D eigenvalue weighted by Crippen LogP contribution is 2.39. The molecule has 0 bridgehead atoms. The Morgan fingerprint density at radius 3 is 2.83 bits per heavy atom. The second kappa shape index (κ2) is 6.58. The van der Waals surface area contributed by atoms with Gasteiger partial charge in [0, 0.05) is 31.6 Å². The Morgan fingerprint density at radius 2 is 2.13 bits per heavy atom. The van der Waals surface area contributed by atoms with Gasteiger partial charge in [-0.05, 0) is 25.0 Å². The lowest BCUT2D eigenvalue weighted by Crippen LogP contribution is -2.40. The van der Waals surface area contributed by atoms with E-state index >= 15 is 0 Å². The normalized spacial score (nSPS) is 23.0. The fourth-order valence-electron chi connectivity index (χ4n) is 3.28. The van der Waals surface area contributed by atoms with Gasteiger partial charge in [0.2, 0.25) is 0 Å². The zero-order valence-electron chi connectivity index (χ0n) is 13.2. The molecule has 0 unspecified atom stereocenters. The Hall–Kier alpha value is -2.08. The van der Waals surface area contributed by atoms with Crippen molar-refractivity contribution in [3.8, 4) is 5.75 Å². The number of aliphatic carboxylic acids is 1. The van der Waals surface area contributed by atoms with Crippen LogP contribution in [0.1, 0.15) is 31.2 Å². The molecule has 0 radical (unpaired) electrons. The van der Waals surface area contributed by atoms with E-state index in [4.69, 9.17) is 14.3 Å². The molecule has 2 aliphatic heterocycles. The summed E-state index contributed by atoms with van der Waals surface area (Å²) in [6.07, 6.45) is 1.87. The van der Waals surface area contributed by atoms with E-state index in [1.54, 1.807) is 7.11 Å². The Balaban J connectivity index is 1.70. The van der Waals surface area contributed by atoms with E-state index in [0.717, 1.165) is 17.0 Å². The van der Waals surface area contributed by atoms with Crippen molar-refractivity contribution in [3.05, 3.63) is 29.8 Å². The summed E-state index contributed by atoms with van der Waals surface area (Å²) in [5.41, 5.74) is 0.934. The molecule has 1 atom stereocenters. The van der Waals surface area contributed by atoms with Crippen LogP contribution in [0.3, 0.4) is 0 Å². The minimum atomic E-state index is -0.769. The minimum Gasteiger partial charge on any atom is -0.496 e. The van der Waals surface area contributed by atoms with Crippen LogP contribution >= 0.6 is 0 Å². The van der Waals surface area contributed by atoms with Crippen molar-refractivity contribution in [1.29, 1.82) is 0 Å². The number of oxime groups is 1. The molecule has 2 aliphatic rings. The Bertz CT molecular complexity index is 607. The summed E-state index contributed by atoms with van der Waals surface area (Å²) in [5, 5.41) is 13.8. The third kappa shape index (κ3) is 3.17. The molecule has 1 N–H and O–H groups in total. The maximum Gasteiger partial charge on any atom is 0.309 e. The molecule has 23 heavy (non-hydrogen) atoms. The molecule has 2 heterocycles. The maximum atomic E-state index is 11.7. The molecular formula is C17H21NO5. The van der Waals surface area contributed by atoms with Gasteiger partial charge in [-0.25, -0.2) is 0 Å². The number of ether oxygens (including phenoxy) is 2. The molecule has 0 saturated carbocycles. The lowest BCUT2D eigenvalue weighted by atomic mass is 9.75. The number of nitrogens with zero attached hydrogens (tertiary/aromatic N) is 1. The molecule has 0 aromatic heterocycles. The first-order chi connectivity index (χ1) is 11.1. The quantitative estimate of drug-likeness (QED) is 0.902. The average molecular weight is 319 g/mol. The lowest BCUT2D eigenvalue weighted by molar-refractivity contribution is -0.158. The standard InChI is InChI=1S/C17H21NO5/c1-21-15-5-3-2-4-13(15)14-10-12(23-18-14)11-17(16(19)20)6-8-22-9-7-17/h2-5,12H,6-11H2,1H3,(H,19,20)/t12-/m0/s1. The number of methoxy groups -OCH3 is 1. The highest BCUT2D eigenvalue weighted by atomic mass is 16.6. The van der Waals surface area contributed by atoms with Crippen LogP contribution in [0.4, 0.5) is 0 Å². The molecule has 6 heteroatoms. The van der Waals surface area contributed by atoms with Gasteiger partial charge in [-0.1, -0.05) is 17.3 Å². The van der Waals surface area contributed by atoms with Gasteiger partial charge in [-0.2, -0.15) is 0 Å². The van der Waals surface area contributed by atoms with Crippen LogP contribution in [0, 0.1) is 5.41 Å². The summed E-state index contributed by atoms with van der Waals surface area (Å²) >= 11 is 0. The third-order valence-electron chi connectivity index (χ3n) is 4.67. The third-order valence-corrected chi connectivity index (χ3v) is 4.67. The first-order valence-corrected chi connectivity index (χ1v) is 7.82. The Morgan fingerprint density at radius 1 is 1.39 bits per heavy atom. The largest absolute Gasteiger partial charge is 0.496 e. The number of rotatable bonds is 5. The zero-order chi connectivity index (χ0) is 16.3. The molecule has 0 aliphatic carbocycles. The SMILES string of the molecule is COc1ccccc1C1=NO[C@H](CC2(C(=O)O)CCOCC2)C1. The van der Waals surface area contributed by atoms with Crippen molar-refractivity contribution >= 4 is 11.7 Å². The number of carbonyl (C=O) groups is 1. The van der Waals surface area contributed by atoms with Crippen molar-refractivity contribution in [1.82, 2.24) is 0 Å². The predicted octanol–water partition coefficient (Wildman–Crippen LogP) is 2.46. The highest BCUT2D eigenvalue weighted by molar-refractivity contribution is 6.03. The minimum absolute atomic E-state index is 0.218. The average Bonchev–Trinajstić information content (AvgIpc) is 3.03. The number of carboxylic acid groups (broad SMARTS) is 1. The summed E-state index contributed by atoms with van der Waals surface area (Å²) < 4.78 is 10.7. The molecule has 124 valence electrons.